The Labute approximate surface area is 197 Å². The third kappa shape index (κ3) is 3.87. The van der Waals surface area contributed by atoms with Crippen LogP contribution in [-0.4, -0.2) is 21.5 Å². The number of rotatable bonds is 3. The van der Waals surface area contributed by atoms with Crippen LogP contribution in [0.2, 0.25) is 5.02 Å². The SMILES string of the molecule is Cc1ccc(N2C(=O)/C(=C/c3cc(C)n(-c4cccc(Cl)c4)c3C)C(=O)NC2=S)c(C)c1. The number of benzene rings is 2. The van der Waals surface area contributed by atoms with Crippen LogP contribution in [0.1, 0.15) is 28.1 Å². The lowest BCUT2D eigenvalue weighted by Gasteiger charge is -2.30. The molecule has 32 heavy (non-hydrogen) atoms. The van der Waals surface area contributed by atoms with Crippen LogP contribution in [-0.2, 0) is 9.59 Å². The van der Waals surface area contributed by atoms with Gasteiger partial charge in [-0.1, -0.05) is 35.4 Å². The van der Waals surface area contributed by atoms with E-state index in [0.717, 1.165) is 33.8 Å². The number of aromatic nitrogens is 1. The van der Waals surface area contributed by atoms with Crippen molar-refractivity contribution in [3.05, 3.63) is 87.2 Å². The summed E-state index contributed by atoms with van der Waals surface area (Å²) >= 11 is 11.5. The Kier molecular flexibility index (Phi) is 5.75. The van der Waals surface area contributed by atoms with Gasteiger partial charge in [0, 0.05) is 22.1 Å². The van der Waals surface area contributed by atoms with Gasteiger partial charge in [-0.15, -0.1) is 0 Å². The van der Waals surface area contributed by atoms with E-state index in [0.29, 0.717) is 10.7 Å². The van der Waals surface area contributed by atoms with Crippen molar-refractivity contribution in [1.29, 1.82) is 0 Å². The summed E-state index contributed by atoms with van der Waals surface area (Å²) in [5, 5.41) is 3.37. The van der Waals surface area contributed by atoms with Gasteiger partial charge in [-0.3, -0.25) is 19.8 Å². The van der Waals surface area contributed by atoms with Gasteiger partial charge in [0.2, 0.25) is 0 Å². The summed E-state index contributed by atoms with van der Waals surface area (Å²) in [4.78, 5) is 27.5. The molecule has 5 nitrogen and oxygen atoms in total. The Morgan fingerprint density at radius 2 is 1.75 bits per heavy atom. The first-order chi connectivity index (χ1) is 15.2. The van der Waals surface area contributed by atoms with Crippen LogP contribution in [0.25, 0.3) is 11.8 Å². The highest BCUT2D eigenvalue weighted by Gasteiger charge is 2.35. The third-order valence-electron chi connectivity index (χ3n) is 5.53. The zero-order chi connectivity index (χ0) is 23.2. The molecule has 0 aliphatic carbocycles. The van der Waals surface area contributed by atoms with Crippen molar-refractivity contribution in [2.45, 2.75) is 27.7 Å². The van der Waals surface area contributed by atoms with Crippen LogP contribution in [0.3, 0.4) is 0 Å². The van der Waals surface area contributed by atoms with Crippen molar-refractivity contribution in [2.75, 3.05) is 4.90 Å². The Morgan fingerprint density at radius 3 is 2.44 bits per heavy atom. The Balaban J connectivity index is 1.78. The maximum atomic E-state index is 13.4. The van der Waals surface area contributed by atoms with Crippen LogP contribution in [0.5, 0.6) is 0 Å². The van der Waals surface area contributed by atoms with E-state index in [4.69, 9.17) is 23.8 Å². The van der Waals surface area contributed by atoms with Crippen molar-refractivity contribution in [1.82, 2.24) is 9.88 Å². The van der Waals surface area contributed by atoms with Gasteiger partial charge in [-0.05, 0) is 87.4 Å². The number of aryl methyl sites for hydroxylation is 3. The lowest BCUT2D eigenvalue weighted by molar-refractivity contribution is -0.122. The minimum atomic E-state index is -0.506. The molecule has 1 saturated heterocycles. The second kappa shape index (κ2) is 8.37. The van der Waals surface area contributed by atoms with Crippen molar-refractivity contribution in [3.63, 3.8) is 0 Å². The normalized spacial score (nSPS) is 15.5. The van der Waals surface area contributed by atoms with Gasteiger partial charge < -0.3 is 4.57 Å². The molecule has 4 rings (SSSR count). The zero-order valence-electron chi connectivity index (χ0n) is 18.2. The molecule has 2 heterocycles. The fourth-order valence-corrected chi connectivity index (χ4v) is 4.49. The second-order valence-corrected chi connectivity index (χ2v) is 8.71. The molecular formula is C25H22ClN3O2S. The standard InChI is InChI=1S/C25H22ClN3O2S/c1-14-8-9-22(15(2)10-14)29-24(31)21(23(30)27-25(29)32)12-18-11-16(3)28(17(18)4)20-7-5-6-19(26)13-20/h5-13H,1-4H3,(H,27,30,32)/b21-12+. The quantitative estimate of drug-likeness (QED) is 0.330. The van der Waals surface area contributed by atoms with Gasteiger partial charge in [-0.2, -0.15) is 0 Å². The molecule has 162 valence electrons. The smallest absolute Gasteiger partial charge is 0.270 e. The predicted molar refractivity (Wildman–Crippen MR) is 132 cm³/mol. The molecule has 7 heteroatoms. The van der Waals surface area contributed by atoms with Gasteiger partial charge in [0.15, 0.2) is 5.11 Å². The maximum absolute atomic E-state index is 13.4. The van der Waals surface area contributed by atoms with E-state index >= 15 is 0 Å². The minimum absolute atomic E-state index is 0.0323. The zero-order valence-corrected chi connectivity index (χ0v) is 19.8. The fourth-order valence-electron chi connectivity index (χ4n) is 4.03. The summed E-state index contributed by atoms with van der Waals surface area (Å²) in [6.45, 7) is 7.81. The number of hydrogen-bond acceptors (Lipinski definition) is 3. The molecule has 0 radical (unpaired) electrons. The van der Waals surface area contributed by atoms with Crippen molar-refractivity contribution in [2.24, 2.45) is 0 Å². The highest BCUT2D eigenvalue weighted by Crippen LogP contribution is 2.28. The van der Waals surface area contributed by atoms with Crippen molar-refractivity contribution >= 4 is 52.5 Å². The van der Waals surface area contributed by atoms with Gasteiger partial charge >= 0.3 is 0 Å². The summed E-state index contributed by atoms with van der Waals surface area (Å²) in [7, 11) is 0. The number of thiocarbonyl (C=S) groups is 1. The van der Waals surface area contributed by atoms with E-state index in [1.165, 1.54) is 4.90 Å². The Bertz CT molecular complexity index is 1320. The number of halogens is 1. The topological polar surface area (TPSA) is 54.3 Å². The molecule has 0 atom stereocenters. The highest BCUT2D eigenvalue weighted by molar-refractivity contribution is 7.80. The van der Waals surface area contributed by atoms with E-state index in [1.54, 1.807) is 6.08 Å². The van der Waals surface area contributed by atoms with Crippen molar-refractivity contribution < 1.29 is 9.59 Å². The number of nitrogens with zero attached hydrogens (tertiary/aromatic N) is 2. The summed E-state index contributed by atoms with van der Waals surface area (Å²) < 4.78 is 2.04. The van der Waals surface area contributed by atoms with E-state index in [1.807, 2.05) is 80.8 Å². The number of hydrogen-bond donors (Lipinski definition) is 1. The minimum Gasteiger partial charge on any atom is -0.318 e. The van der Waals surface area contributed by atoms with E-state index in [2.05, 4.69) is 5.32 Å². The van der Waals surface area contributed by atoms with Crippen LogP contribution in [0.15, 0.2) is 54.1 Å². The predicted octanol–water partition coefficient (Wildman–Crippen LogP) is 5.20. The lowest BCUT2D eigenvalue weighted by atomic mass is 10.0. The molecular weight excluding hydrogens is 442 g/mol. The first-order valence-corrected chi connectivity index (χ1v) is 10.9. The Hall–Kier alpha value is -3.22. The molecule has 2 amide bonds. The van der Waals surface area contributed by atoms with Crippen molar-refractivity contribution in [3.8, 4) is 5.69 Å². The van der Waals surface area contributed by atoms with Gasteiger partial charge in [0.25, 0.3) is 11.8 Å². The molecule has 1 fully saturated rings. The molecule has 2 aromatic carbocycles. The van der Waals surface area contributed by atoms with Crippen LogP contribution >= 0.6 is 23.8 Å². The first-order valence-electron chi connectivity index (χ1n) is 10.1. The average Bonchev–Trinajstić information content (AvgIpc) is 2.99. The number of carbonyl (C=O) groups excluding carboxylic acids is 2. The molecule has 1 aromatic heterocycles. The molecule has 3 aromatic rings. The van der Waals surface area contributed by atoms with Gasteiger partial charge in [-0.25, -0.2) is 0 Å². The number of amides is 2. The van der Waals surface area contributed by atoms with E-state index < -0.39 is 11.8 Å². The molecule has 1 N–H and O–H groups in total. The summed E-state index contributed by atoms with van der Waals surface area (Å²) in [5.41, 5.74) is 6.20. The molecule has 0 saturated carbocycles. The van der Waals surface area contributed by atoms with Crippen LogP contribution in [0.4, 0.5) is 5.69 Å². The average molecular weight is 464 g/mol. The summed E-state index contributed by atoms with van der Waals surface area (Å²) in [6, 6.07) is 15.2. The van der Waals surface area contributed by atoms with E-state index in [9.17, 15) is 9.59 Å². The second-order valence-electron chi connectivity index (χ2n) is 7.89. The monoisotopic (exact) mass is 463 g/mol. The van der Waals surface area contributed by atoms with Gasteiger partial charge in [0.05, 0.1) is 5.69 Å². The highest BCUT2D eigenvalue weighted by atomic mass is 35.5. The van der Waals surface area contributed by atoms with Crippen LogP contribution < -0.4 is 10.2 Å². The molecule has 0 unspecified atom stereocenters. The summed E-state index contributed by atoms with van der Waals surface area (Å²) in [5.74, 6) is -0.952. The van der Waals surface area contributed by atoms with Crippen LogP contribution in [0, 0.1) is 27.7 Å². The maximum Gasteiger partial charge on any atom is 0.270 e. The Morgan fingerprint density at radius 1 is 1.00 bits per heavy atom. The number of nitrogens with one attached hydrogen (secondary N) is 1. The third-order valence-corrected chi connectivity index (χ3v) is 6.05. The summed E-state index contributed by atoms with van der Waals surface area (Å²) in [6.07, 6.45) is 1.62. The number of carbonyl (C=O) groups is 2. The number of anilines is 1. The molecule has 1 aliphatic rings. The largest absolute Gasteiger partial charge is 0.318 e. The van der Waals surface area contributed by atoms with Gasteiger partial charge in [0.1, 0.15) is 5.57 Å². The lowest BCUT2D eigenvalue weighted by Crippen LogP contribution is -2.54. The first kappa shape index (κ1) is 22.0. The van der Waals surface area contributed by atoms with E-state index in [-0.39, 0.29) is 10.7 Å². The fraction of sp³-hybridized carbons (Fsp3) is 0.160. The molecule has 0 spiro atoms. The molecule has 0 bridgehead atoms. The molecule has 1 aliphatic heterocycles.